The minimum atomic E-state index is -1.13. The molecule has 0 unspecified atom stereocenters. The molecule has 2 N–H and O–H groups in total. The second kappa shape index (κ2) is 7.68. The zero-order chi connectivity index (χ0) is 22.7. The molecule has 0 saturated carbocycles. The molecule has 1 saturated heterocycles. The number of aliphatic carboxylic acids is 1. The monoisotopic (exact) mass is 468 g/mol. The molecule has 0 radical (unpaired) electrons. The first-order chi connectivity index (χ1) is 15.3. The number of hydrogen-bond donors (Lipinski definition) is 2. The number of benzene rings is 1. The molecule has 7 nitrogen and oxygen atoms in total. The Morgan fingerprint density at radius 1 is 1.31 bits per heavy atom. The Kier molecular flexibility index (Phi) is 5.07. The highest BCUT2D eigenvalue weighted by molar-refractivity contribution is 8.04. The molecule has 0 spiro atoms. The number of pyridine rings is 1. The van der Waals surface area contributed by atoms with Crippen molar-refractivity contribution in [1.82, 2.24) is 9.88 Å². The van der Waals surface area contributed by atoms with Crippen molar-refractivity contribution in [3.8, 4) is 11.3 Å². The van der Waals surface area contributed by atoms with Crippen LogP contribution < -0.4 is 4.57 Å². The van der Waals surface area contributed by atoms with E-state index in [1.807, 2.05) is 36.2 Å². The quantitative estimate of drug-likeness (QED) is 0.442. The number of β-lactam (4-membered cyclic amide) rings is 1. The second-order valence-electron chi connectivity index (χ2n) is 8.33. The van der Waals surface area contributed by atoms with Gasteiger partial charge < -0.3 is 15.1 Å². The summed E-state index contributed by atoms with van der Waals surface area (Å²) < 4.78 is 2.73. The van der Waals surface area contributed by atoms with Gasteiger partial charge >= 0.3 is 5.97 Å². The van der Waals surface area contributed by atoms with Crippen LogP contribution in [0, 0.1) is 11.8 Å². The maximum atomic E-state index is 12.5. The Bertz CT molecular complexity index is 1300. The summed E-state index contributed by atoms with van der Waals surface area (Å²) in [6, 6.07) is 7.93. The highest BCUT2D eigenvalue weighted by Gasteiger charge is 2.60. The number of hydrogen-bond acceptors (Lipinski definition) is 6. The molecule has 4 heterocycles. The van der Waals surface area contributed by atoms with Gasteiger partial charge in [-0.3, -0.25) is 4.79 Å². The number of fused-ring (bicyclic) bond motifs is 2. The lowest BCUT2D eigenvalue weighted by Crippen LogP contribution is -2.63. The summed E-state index contributed by atoms with van der Waals surface area (Å²) >= 11 is 2.76. The van der Waals surface area contributed by atoms with Gasteiger partial charge in [0.2, 0.25) is 5.91 Å². The molecule has 2 aliphatic rings. The smallest absolute Gasteiger partial charge is 0.353 e. The Morgan fingerprint density at radius 2 is 2.09 bits per heavy atom. The van der Waals surface area contributed by atoms with Gasteiger partial charge in [-0.15, -0.1) is 11.3 Å². The molecular formula is C23H22N3O4S2+. The van der Waals surface area contributed by atoms with Crippen LogP contribution in [-0.2, 0) is 16.6 Å². The van der Waals surface area contributed by atoms with E-state index in [1.54, 1.807) is 6.92 Å². The van der Waals surface area contributed by atoms with Gasteiger partial charge in [0.15, 0.2) is 16.7 Å². The molecule has 0 aliphatic carbocycles. The van der Waals surface area contributed by atoms with Crippen LogP contribution in [0.4, 0.5) is 0 Å². The summed E-state index contributed by atoms with van der Waals surface area (Å²) in [5.41, 5.74) is 1.84. The van der Waals surface area contributed by atoms with E-state index in [0.29, 0.717) is 4.91 Å². The third-order valence-corrected chi connectivity index (χ3v) is 8.43. The summed E-state index contributed by atoms with van der Waals surface area (Å²) in [7, 11) is 1.98. The maximum Gasteiger partial charge on any atom is 0.353 e. The van der Waals surface area contributed by atoms with Gasteiger partial charge in [0.05, 0.1) is 23.8 Å². The van der Waals surface area contributed by atoms with Gasteiger partial charge in [-0.05, 0) is 18.4 Å². The lowest BCUT2D eigenvalue weighted by molar-refractivity contribution is -0.670. The fraction of sp³-hybridized carbons (Fsp3) is 0.304. The van der Waals surface area contributed by atoms with E-state index in [-0.39, 0.29) is 23.6 Å². The van der Waals surface area contributed by atoms with Crippen LogP contribution in [0.1, 0.15) is 13.8 Å². The van der Waals surface area contributed by atoms with Crippen LogP contribution in [0.5, 0.6) is 0 Å². The predicted molar refractivity (Wildman–Crippen MR) is 122 cm³/mol. The van der Waals surface area contributed by atoms with E-state index in [9.17, 15) is 19.8 Å². The first kappa shape index (κ1) is 21.1. The first-order valence-electron chi connectivity index (χ1n) is 10.3. The van der Waals surface area contributed by atoms with Crippen LogP contribution in [0.3, 0.4) is 0 Å². The molecule has 32 heavy (non-hydrogen) atoms. The normalized spacial score (nSPS) is 23.4. The number of nitrogens with zero attached hydrogens (tertiary/aromatic N) is 3. The van der Waals surface area contributed by atoms with Crippen molar-refractivity contribution in [3.05, 3.63) is 52.6 Å². The SMILES string of the molecule is C[C@@H](O)[C@H]1C(=O)N2C(C(=O)O)=C(Sc3nc(-c4ccc5cc[n+](C)cc5c4)cs3)[C@H](C)[C@H]12. The first-order valence-corrected chi connectivity index (χ1v) is 12.0. The Labute approximate surface area is 193 Å². The Balaban J connectivity index is 1.45. The van der Waals surface area contributed by atoms with Gasteiger partial charge in [-0.1, -0.05) is 30.8 Å². The van der Waals surface area contributed by atoms with E-state index in [2.05, 4.69) is 24.4 Å². The minimum Gasteiger partial charge on any atom is -0.477 e. The number of thioether (sulfide) groups is 1. The molecule has 2 aliphatic heterocycles. The number of rotatable bonds is 5. The van der Waals surface area contributed by atoms with Gasteiger partial charge in [0.25, 0.3) is 0 Å². The average molecular weight is 469 g/mol. The molecule has 0 bridgehead atoms. The molecule has 9 heteroatoms. The average Bonchev–Trinajstić information content (AvgIpc) is 3.29. The van der Waals surface area contributed by atoms with E-state index in [0.717, 1.165) is 26.4 Å². The summed E-state index contributed by atoms with van der Waals surface area (Å²) in [5, 5.41) is 24.0. The number of amides is 1. The summed E-state index contributed by atoms with van der Waals surface area (Å²) in [6.07, 6.45) is 3.25. The number of carbonyl (C=O) groups excluding carboxylic acids is 1. The minimum absolute atomic E-state index is 0.0179. The topological polar surface area (TPSA) is 94.6 Å². The van der Waals surface area contributed by atoms with Crippen molar-refractivity contribution >= 4 is 45.7 Å². The number of aromatic nitrogens is 2. The Hall–Kier alpha value is -2.75. The summed E-state index contributed by atoms with van der Waals surface area (Å²) in [6.45, 7) is 3.49. The third kappa shape index (κ3) is 3.23. The zero-order valence-electron chi connectivity index (χ0n) is 17.7. The fourth-order valence-corrected chi connectivity index (χ4v) is 6.74. The lowest BCUT2D eigenvalue weighted by Gasteiger charge is -2.46. The van der Waals surface area contributed by atoms with Gasteiger partial charge in [0.1, 0.15) is 12.7 Å². The number of carbonyl (C=O) groups is 2. The van der Waals surface area contributed by atoms with Crippen LogP contribution >= 0.6 is 23.1 Å². The standard InChI is InChI=1S/C23H21N3O4S2/c1-11-18-17(12(2)27)21(28)26(18)19(22(29)30)20(11)32-23-24-16(10-31-23)14-5-4-13-6-7-25(3)9-15(13)8-14/h4-12,17-18,27H,1-3H3/p+1/t11-,12-,17-,18-/m1/s1. The number of carboxylic acids is 1. The summed E-state index contributed by atoms with van der Waals surface area (Å²) in [5.74, 6) is -2.20. The van der Waals surface area contributed by atoms with Crippen molar-refractivity contribution in [3.63, 3.8) is 0 Å². The molecule has 2 aromatic heterocycles. The van der Waals surface area contributed by atoms with Gasteiger partial charge in [-0.25, -0.2) is 14.3 Å². The van der Waals surface area contributed by atoms with E-state index < -0.39 is 18.0 Å². The number of aliphatic hydroxyl groups excluding tert-OH is 1. The molecular weight excluding hydrogens is 446 g/mol. The third-order valence-electron chi connectivity index (χ3n) is 6.21. The number of carboxylic acid groups (broad SMARTS) is 1. The van der Waals surface area contributed by atoms with E-state index >= 15 is 0 Å². The Morgan fingerprint density at radius 3 is 2.81 bits per heavy atom. The molecule has 1 aromatic carbocycles. The molecule has 4 atom stereocenters. The van der Waals surface area contributed by atoms with Crippen molar-refractivity contribution in [2.45, 2.75) is 30.3 Å². The molecule has 5 rings (SSSR count). The largest absolute Gasteiger partial charge is 0.477 e. The predicted octanol–water partition coefficient (Wildman–Crippen LogP) is 3.03. The van der Waals surface area contributed by atoms with Crippen molar-refractivity contribution in [1.29, 1.82) is 0 Å². The van der Waals surface area contributed by atoms with E-state index in [1.165, 1.54) is 28.0 Å². The number of aryl methyl sites for hydroxylation is 1. The molecule has 1 fully saturated rings. The van der Waals surface area contributed by atoms with Crippen LogP contribution in [0.15, 0.2) is 57.0 Å². The van der Waals surface area contributed by atoms with Gasteiger partial charge in [-0.2, -0.15) is 0 Å². The molecule has 164 valence electrons. The van der Waals surface area contributed by atoms with Crippen molar-refractivity contribution in [2.75, 3.05) is 0 Å². The number of thiazole rings is 1. The van der Waals surface area contributed by atoms with Crippen LogP contribution in [0.2, 0.25) is 0 Å². The summed E-state index contributed by atoms with van der Waals surface area (Å²) in [4.78, 5) is 31.2. The highest BCUT2D eigenvalue weighted by atomic mass is 32.2. The highest BCUT2D eigenvalue weighted by Crippen LogP contribution is 2.52. The van der Waals surface area contributed by atoms with Crippen LogP contribution in [-0.4, -0.2) is 44.1 Å². The fourth-order valence-electron chi connectivity index (χ4n) is 4.65. The van der Waals surface area contributed by atoms with Crippen molar-refractivity contribution < 1.29 is 24.4 Å². The van der Waals surface area contributed by atoms with E-state index in [4.69, 9.17) is 4.98 Å². The molecule has 3 aromatic rings. The van der Waals surface area contributed by atoms with Crippen LogP contribution in [0.25, 0.3) is 22.0 Å². The number of aliphatic hydroxyl groups is 1. The second-order valence-corrected chi connectivity index (χ2v) is 10.5. The zero-order valence-corrected chi connectivity index (χ0v) is 19.4. The van der Waals surface area contributed by atoms with Gasteiger partial charge in [0, 0.05) is 33.2 Å². The van der Waals surface area contributed by atoms with Crippen molar-refractivity contribution in [2.24, 2.45) is 18.9 Å². The maximum absolute atomic E-state index is 12.5. The molecule has 1 amide bonds. The lowest BCUT2D eigenvalue weighted by atomic mass is 9.79.